The number of ether oxygens (including phenoxy) is 2. The lowest BCUT2D eigenvalue weighted by molar-refractivity contribution is 0.0562. The first-order valence-corrected chi connectivity index (χ1v) is 24.2. The van der Waals surface area contributed by atoms with Gasteiger partial charge in [0.2, 0.25) is 0 Å². The number of fused-ring (bicyclic) bond motifs is 2. The zero-order valence-electron chi connectivity index (χ0n) is 38.1. The summed E-state index contributed by atoms with van der Waals surface area (Å²) in [6.07, 6.45) is 22.1. The van der Waals surface area contributed by atoms with Crippen molar-refractivity contribution < 1.29 is 28.7 Å². The van der Waals surface area contributed by atoms with Crippen molar-refractivity contribution in [2.24, 2.45) is 11.8 Å². The topological polar surface area (TPSA) is 93.2 Å². The SMILES string of the molecule is CCCCCCC(CCCCCCOC)CN1C(=O)c2ccc3c4ccc5c6c(ccc(c7ccc(c2c37)C1=O)c64)C(=O)N(CC(CCCCCC)CCCCCCOC)C5=O. The Bertz CT molecular complexity index is 2070. The maximum absolute atomic E-state index is 14.5. The standard InChI is InChI=1S/C54H70N2O6/c1-5-7-9-15-21-37(23-17-11-13-19-33-61-3)35-55-51(57)43-29-25-39-41-27-31-45-50-46(32-28-42(48(41)50)40-26-30-44(52(55)58)49(43)47(39)40)54(60)56(53(45)59)36-38(22-16-10-8-6-2)24-18-12-14-20-34-62-4/h25-32,37-38H,5-24,33-36H2,1-4H3. The van der Waals surface area contributed by atoms with E-state index in [1.54, 1.807) is 14.2 Å². The van der Waals surface area contributed by atoms with E-state index >= 15 is 0 Å². The number of amides is 4. The molecule has 4 amide bonds. The number of carbonyl (C=O) groups is 4. The molecule has 0 aliphatic carbocycles. The summed E-state index contributed by atoms with van der Waals surface area (Å²) < 4.78 is 10.5. The predicted octanol–water partition coefficient (Wildman–Crippen LogP) is 13.3. The van der Waals surface area contributed by atoms with Gasteiger partial charge in [-0.25, -0.2) is 0 Å². The number of imide groups is 2. The first-order chi connectivity index (χ1) is 30.3. The summed E-state index contributed by atoms with van der Waals surface area (Å²) in [4.78, 5) is 60.9. The third-order valence-electron chi connectivity index (χ3n) is 14.0. The molecule has 5 aromatic carbocycles. The molecule has 2 heterocycles. The summed E-state index contributed by atoms with van der Waals surface area (Å²) in [6.45, 7) is 6.88. The zero-order valence-corrected chi connectivity index (χ0v) is 38.1. The molecule has 62 heavy (non-hydrogen) atoms. The lowest BCUT2D eigenvalue weighted by atomic mass is 9.82. The molecule has 0 fully saturated rings. The highest BCUT2D eigenvalue weighted by atomic mass is 16.5. The molecule has 0 bridgehead atoms. The minimum atomic E-state index is -0.216. The van der Waals surface area contributed by atoms with E-state index in [0.29, 0.717) is 46.1 Å². The van der Waals surface area contributed by atoms with Crippen LogP contribution in [0.4, 0.5) is 0 Å². The van der Waals surface area contributed by atoms with Crippen molar-refractivity contribution in [1.29, 1.82) is 0 Å². The Balaban J connectivity index is 1.18. The van der Waals surface area contributed by atoms with Crippen molar-refractivity contribution in [3.8, 4) is 0 Å². The number of carbonyl (C=O) groups excluding carboxylic acids is 4. The van der Waals surface area contributed by atoms with Gasteiger partial charge in [0.25, 0.3) is 23.6 Å². The van der Waals surface area contributed by atoms with Gasteiger partial charge in [-0.1, -0.05) is 128 Å². The molecule has 332 valence electrons. The highest BCUT2D eigenvalue weighted by molar-refractivity contribution is 6.41. The van der Waals surface area contributed by atoms with Crippen molar-refractivity contribution >= 4 is 66.7 Å². The van der Waals surface area contributed by atoms with E-state index in [1.807, 2.05) is 48.5 Å². The van der Waals surface area contributed by atoms with Gasteiger partial charge in [0.05, 0.1) is 0 Å². The minimum absolute atomic E-state index is 0.216. The van der Waals surface area contributed by atoms with Crippen LogP contribution in [0.5, 0.6) is 0 Å². The Morgan fingerprint density at radius 1 is 0.387 bits per heavy atom. The fourth-order valence-electron chi connectivity index (χ4n) is 10.7. The van der Waals surface area contributed by atoms with Gasteiger partial charge < -0.3 is 9.47 Å². The molecule has 0 saturated carbocycles. The van der Waals surface area contributed by atoms with Gasteiger partial charge in [-0.3, -0.25) is 29.0 Å². The Hall–Kier alpha value is -4.40. The summed E-state index contributed by atoms with van der Waals surface area (Å²) in [7, 11) is 3.49. The smallest absolute Gasteiger partial charge is 0.261 e. The molecule has 2 aliphatic rings. The Labute approximate surface area is 369 Å². The average molecular weight is 843 g/mol. The predicted molar refractivity (Wildman–Crippen MR) is 253 cm³/mol. The molecule has 0 saturated heterocycles. The summed E-state index contributed by atoms with van der Waals surface area (Å²) in [5.74, 6) is -0.340. The number of benzene rings is 5. The number of hydrogen-bond donors (Lipinski definition) is 0. The van der Waals surface area contributed by atoms with Gasteiger partial charge in [0.1, 0.15) is 0 Å². The third kappa shape index (κ3) is 9.57. The van der Waals surface area contributed by atoms with Crippen molar-refractivity contribution in [3.63, 3.8) is 0 Å². The van der Waals surface area contributed by atoms with Crippen molar-refractivity contribution in [2.75, 3.05) is 40.5 Å². The fourth-order valence-corrected chi connectivity index (χ4v) is 10.7. The van der Waals surface area contributed by atoms with Crippen LogP contribution in [0, 0.1) is 11.8 Å². The molecule has 8 heteroatoms. The van der Waals surface area contributed by atoms with E-state index in [0.717, 1.165) is 135 Å². The van der Waals surface area contributed by atoms with E-state index in [2.05, 4.69) is 13.8 Å². The largest absolute Gasteiger partial charge is 0.385 e. The van der Waals surface area contributed by atoms with Crippen LogP contribution >= 0.6 is 0 Å². The number of unbranched alkanes of at least 4 members (excludes halogenated alkanes) is 12. The van der Waals surface area contributed by atoms with Gasteiger partial charge in [-0.05, 0) is 107 Å². The van der Waals surface area contributed by atoms with Crippen LogP contribution in [-0.2, 0) is 9.47 Å². The van der Waals surface area contributed by atoms with Crippen LogP contribution in [0.2, 0.25) is 0 Å². The van der Waals surface area contributed by atoms with Gasteiger partial charge in [0.15, 0.2) is 0 Å². The van der Waals surface area contributed by atoms with E-state index in [-0.39, 0.29) is 35.5 Å². The highest BCUT2D eigenvalue weighted by Crippen LogP contribution is 2.46. The van der Waals surface area contributed by atoms with Crippen molar-refractivity contribution in [2.45, 2.75) is 142 Å². The molecule has 0 aromatic heterocycles. The van der Waals surface area contributed by atoms with Crippen LogP contribution in [0.25, 0.3) is 43.1 Å². The monoisotopic (exact) mass is 843 g/mol. The van der Waals surface area contributed by atoms with E-state index in [9.17, 15) is 19.2 Å². The lowest BCUT2D eigenvalue weighted by Crippen LogP contribution is -2.43. The minimum Gasteiger partial charge on any atom is -0.385 e. The first kappa shape index (κ1) is 45.6. The van der Waals surface area contributed by atoms with Crippen LogP contribution in [-0.4, -0.2) is 74.0 Å². The quantitative estimate of drug-likeness (QED) is 0.0215. The Morgan fingerprint density at radius 2 is 0.677 bits per heavy atom. The Morgan fingerprint density at radius 3 is 0.968 bits per heavy atom. The van der Waals surface area contributed by atoms with Crippen LogP contribution < -0.4 is 0 Å². The van der Waals surface area contributed by atoms with E-state index in [1.165, 1.54) is 48.3 Å². The molecule has 2 aliphatic heterocycles. The zero-order chi connectivity index (χ0) is 43.6. The lowest BCUT2D eigenvalue weighted by Gasteiger charge is -2.32. The van der Waals surface area contributed by atoms with Crippen molar-refractivity contribution in [1.82, 2.24) is 9.80 Å². The van der Waals surface area contributed by atoms with Crippen molar-refractivity contribution in [3.05, 3.63) is 70.8 Å². The van der Waals surface area contributed by atoms with Crippen LogP contribution in [0.1, 0.15) is 184 Å². The molecule has 0 N–H and O–H groups in total. The fraction of sp³-hybridized carbons (Fsp3) is 0.556. The van der Waals surface area contributed by atoms with E-state index < -0.39 is 0 Å². The second-order valence-electron chi connectivity index (χ2n) is 18.4. The van der Waals surface area contributed by atoms with Gasteiger partial charge in [0, 0.05) is 73.5 Å². The number of hydrogen-bond acceptors (Lipinski definition) is 6. The number of rotatable bonds is 28. The second kappa shape index (κ2) is 21.8. The molecule has 2 atom stereocenters. The molecule has 5 aromatic rings. The summed E-state index contributed by atoms with van der Waals surface area (Å²) >= 11 is 0. The third-order valence-corrected chi connectivity index (χ3v) is 14.0. The Kier molecular flexibility index (Phi) is 16.0. The van der Waals surface area contributed by atoms with Gasteiger partial charge in [-0.15, -0.1) is 0 Å². The summed E-state index contributed by atoms with van der Waals surface area (Å²) in [5, 5.41) is 6.91. The molecule has 0 radical (unpaired) electrons. The summed E-state index contributed by atoms with van der Waals surface area (Å²) in [5.41, 5.74) is 2.27. The molecular formula is C54H70N2O6. The number of nitrogens with zero attached hydrogens (tertiary/aromatic N) is 2. The normalized spacial score (nSPS) is 15.1. The molecule has 7 rings (SSSR count). The van der Waals surface area contributed by atoms with Crippen LogP contribution in [0.15, 0.2) is 48.5 Å². The van der Waals surface area contributed by atoms with Gasteiger partial charge in [-0.2, -0.15) is 0 Å². The van der Waals surface area contributed by atoms with Gasteiger partial charge >= 0.3 is 0 Å². The maximum atomic E-state index is 14.5. The number of methoxy groups -OCH3 is 2. The highest BCUT2D eigenvalue weighted by Gasteiger charge is 2.38. The average Bonchev–Trinajstić information content (AvgIpc) is 3.28. The molecule has 8 nitrogen and oxygen atoms in total. The van der Waals surface area contributed by atoms with Crippen LogP contribution in [0.3, 0.4) is 0 Å². The second-order valence-corrected chi connectivity index (χ2v) is 18.4. The summed E-state index contributed by atoms with van der Waals surface area (Å²) in [6, 6.07) is 15.7. The first-order valence-electron chi connectivity index (χ1n) is 24.2. The maximum Gasteiger partial charge on any atom is 0.261 e. The molecular weight excluding hydrogens is 773 g/mol. The molecule has 0 spiro atoms. The van der Waals surface area contributed by atoms with E-state index in [4.69, 9.17) is 9.47 Å². The molecule has 2 unspecified atom stereocenters.